The van der Waals surface area contributed by atoms with Crippen LogP contribution in [0.3, 0.4) is 0 Å². The average molecular weight is 353 g/mol. The van der Waals surface area contributed by atoms with E-state index in [9.17, 15) is 14.7 Å². The second-order valence-electron chi connectivity index (χ2n) is 5.98. The number of carbonyl (C=O) groups excluding carboxylic acids is 1. The first kappa shape index (κ1) is 18.2. The zero-order valence-corrected chi connectivity index (χ0v) is 14.5. The first-order valence-corrected chi connectivity index (χ1v) is 8.20. The molecule has 0 atom stereocenters. The minimum Gasteiger partial charge on any atom is -0.477 e. The molecule has 1 aliphatic carbocycles. The molecule has 0 radical (unpaired) electrons. The zero-order chi connectivity index (χ0) is 17.7. The third kappa shape index (κ3) is 4.23. The number of hydrogen-bond donors (Lipinski definition) is 1. The molecule has 1 amide bonds. The van der Waals surface area contributed by atoms with Crippen LogP contribution in [-0.2, 0) is 4.79 Å². The largest absolute Gasteiger partial charge is 0.477 e. The van der Waals surface area contributed by atoms with Gasteiger partial charge in [-0.3, -0.25) is 4.79 Å². The molecule has 0 bridgehead atoms. The Balaban J connectivity index is 0.000000368. The molecule has 130 valence electrons. The summed E-state index contributed by atoms with van der Waals surface area (Å²) in [5, 5.41) is 10.2. The minimum absolute atomic E-state index is 0.152. The normalized spacial score (nSPS) is 14.8. The number of nitrogens with zero attached hydrogens (tertiary/aromatic N) is 4. The second kappa shape index (κ2) is 8.10. The maximum absolute atomic E-state index is 11.4. The Labute approximate surface area is 145 Å². The van der Waals surface area contributed by atoms with Crippen LogP contribution in [0.4, 0.5) is 0 Å². The summed E-state index contributed by atoms with van der Waals surface area (Å²) in [6.07, 6.45) is 7.78. The first-order valence-electron chi connectivity index (χ1n) is 7.82. The number of aromatic nitrogens is 3. The van der Waals surface area contributed by atoms with Crippen LogP contribution in [0.5, 0.6) is 0 Å². The predicted octanol–water partition coefficient (Wildman–Crippen LogP) is 2.99. The zero-order valence-electron chi connectivity index (χ0n) is 13.8. The quantitative estimate of drug-likeness (QED) is 0.677. The third-order valence-electron chi connectivity index (χ3n) is 3.92. The van der Waals surface area contributed by atoms with Crippen molar-refractivity contribution in [1.29, 1.82) is 0 Å². The molecule has 2 aromatic heterocycles. The molecule has 8 heteroatoms. The van der Waals surface area contributed by atoms with Crippen LogP contribution in [0.25, 0.3) is 11.0 Å². The number of carboxylic acids is 1. The van der Waals surface area contributed by atoms with Crippen molar-refractivity contribution in [1.82, 2.24) is 19.4 Å². The van der Waals surface area contributed by atoms with Crippen LogP contribution in [0, 0.1) is 0 Å². The van der Waals surface area contributed by atoms with E-state index in [0.29, 0.717) is 5.65 Å². The third-order valence-corrected chi connectivity index (χ3v) is 4.10. The fourth-order valence-electron chi connectivity index (χ4n) is 2.86. The summed E-state index contributed by atoms with van der Waals surface area (Å²) in [6.45, 7) is 0. The molecule has 2 heterocycles. The molecule has 24 heavy (non-hydrogen) atoms. The van der Waals surface area contributed by atoms with Crippen molar-refractivity contribution in [2.24, 2.45) is 0 Å². The summed E-state index contributed by atoms with van der Waals surface area (Å²) >= 11 is 5.84. The van der Waals surface area contributed by atoms with Gasteiger partial charge in [0.15, 0.2) is 0 Å². The molecule has 3 rings (SSSR count). The summed E-state index contributed by atoms with van der Waals surface area (Å²) in [4.78, 5) is 30.4. The fourth-order valence-corrected chi connectivity index (χ4v) is 2.99. The van der Waals surface area contributed by atoms with Gasteiger partial charge in [-0.15, -0.1) is 0 Å². The van der Waals surface area contributed by atoms with Crippen LogP contribution in [0.2, 0.25) is 5.28 Å². The van der Waals surface area contributed by atoms with E-state index < -0.39 is 5.97 Å². The molecular weight excluding hydrogens is 332 g/mol. The highest BCUT2D eigenvalue weighted by Gasteiger charge is 2.24. The Morgan fingerprint density at radius 2 is 2.00 bits per heavy atom. The van der Waals surface area contributed by atoms with Crippen LogP contribution < -0.4 is 0 Å². The highest BCUT2D eigenvalue weighted by molar-refractivity contribution is 6.28. The van der Waals surface area contributed by atoms with Crippen LogP contribution in [-0.4, -0.2) is 51.0 Å². The molecule has 0 aromatic carbocycles. The number of rotatable bonds is 3. The molecule has 0 unspecified atom stereocenters. The highest BCUT2D eigenvalue weighted by atomic mass is 35.5. The number of amides is 1. The van der Waals surface area contributed by atoms with Crippen LogP contribution in [0.15, 0.2) is 12.3 Å². The van der Waals surface area contributed by atoms with Gasteiger partial charge in [-0.1, -0.05) is 19.3 Å². The summed E-state index contributed by atoms with van der Waals surface area (Å²) in [6, 6.07) is 1.83. The lowest BCUT2D eigenvalue weighted by Gasteiger charge is -2.25. The highest BCUT2D eigenvalue weighted by Crippen LogP contribution is 2.33. The van der Waals surface area contributed by atoms with E-state index in [1.807, 2.05) is 4.57 Å². The van der Waals surface area contributed by atoms with Gasteiger partial charge in [-0.25, -0.2) is 9.78 Å². The van der Waals surface area contributed by atoms with E-state index in [1.165, 1.54) is 11.3 Å². The number of carbonyl (C=O) groups is 2. The molecular formula is C16H21ClN4O3. The van der Waals surface area contributed by atoms with E-state index >= 15 is 0 Å². The van der Waals surface area contributed by atoms with Crippen molar-refractivity contribution in [3.8, 4) is 0 Å². The van der Waals surface area contributed by atoms with Gasteiger partial charge >= 0.3 is 5.97 Å². The van der Waals surface area contributed by atoms with Gasteiger partial charge < -0.3 is 14.6 Å². The Hall–Kier alpha value is -2.15. The lowest BCUT2D eigenvalue weighted by Crippen LogP contribution is -2.18. The standard InChI is InChI=1S/C13H14ClN3O2.C3H7NO/c14-13-15-7-8-6-10(12(18)19)17(11(8)16-13)9-4-2-1-3-5-9;1-4(2)3-5/h6-7,9H,1-5H2,(H,18,19);3H,1-2H3. The molecule has 2 aromatic rings. The Bertz CT molecular complexity index is 723. The molecule has 7 nitrogen and oxygen atoms in total. The smallest absolute Gasteiger partial charge is 0.352 e. The number of carboxylic acid groups (broad SMARTS) is 1. The lowest BCUT2D eigenvalue weighted by molar-refractivity contribution is -0.115. The van der Waals surface area contributed by atoms with Gasteiger partial charge in [0, 0.05) is 31.7 Å². The monoisotopic (exact) mass is 352 g/mol. The van der Waals surface area contributed by atoms with Gasteiger partial charge in [-0.05, 0) is 30.5 Å². The number of aromatic carboxylic acids is 1. The molecule has 0 aliphatic heterocycles. The lowest BCUT2D eigenvalue weighted by atomic mass is 9.95. The average Bonchev–Trinajstić information content (AvgIpc) is 2.95. The van der Waals surface area contributed by atoms with Crippen molar-refractivity contribution < 1.29 is 14.7 Å². The van der Waals surface area contributed by atoms with Crippen LogP contribution >= 0.6 is 11.6 Å². The van der Waals surface area contributed by atoms with Crippen molar-refractivity contribution in [3.63, 3.8) is 0 Å². The summed E-state index contributed by atoms with van der Waals surface area (Å²) in [5.74, 6) is -0.931. The topological polar surface area (TPSA) is 88.3 Å². The van der Waals surface area contributed by atoms with Gasteiger partial charge in [0.05, 0.1) is 0 Å². The maximum atomic E-state index is 11.4. The molecule has 1 aliphatic rings. The molecule has 1 saturated carbocycles. The van der Waals surface area contributed by atoms with Crippen molar-refractivity contribution in [3.05, 3.63) is 23.2 Å². The second-order valence-corrected chi connectivity index (χ2v) is 6.32. The van der Waals surface area contributed by atoms with Gasteiger partial charge in [-0.2, -0.15) is 4.98 Å². The Morgan fingerprint density at radius 3 is 2.54 bits per heavy atom. The number of halogens is 1. The summed E-state index contributed by atoms with van der Waals surface area (Å²) in [5.41, 5.74) is 0.905. The number of fused-ring (bicyclic) bond motifs is 1. The fraction of sp³-hybridized carbons (Fsp3) is 0.500. The van der Waals surface area contributed by atoms with Crippen LogP contribution in [0.1, 0.15) is 48.6 Å². The maximum Gasteiger partial charge on any atom is 0.352 e. The van der Waals surface area contributed by atoms with Crippen molar-refractivity contribution in [2.75, 3.05) is 14.1 Å². The van der Waals surface area contributed by atoms with E-state index in [1.54, 1.807) is 26.4 Å². The van der Waals surface area contributed by atoms with Gasteiger partial charge in [0.2, 0.25) is 11.7 Å². The van der Waals surface area contributed by atoms with Gasteiger partial charge in [0.25, 0.3) is 0 Å². The van der Waals surface area contributed by atoms with E-state index in [2.05, 4.69) is 9.97 Å². The molecule has 1 fully saturated rings. The van der Waals surface area contributed by atoms with Gasteiger partial charge in [0.1, 0.15) is 11.3 Å². The van der Waals surface area contributed by atoms with E-state index in [-0.39, 0.29) is 17.0 Å². The predicted molar refractivity (Wildman–Crippen MR) is 91.4 cm³/mol. The Kier molecular flexibility index (Phi) is 6.14. The Morgan fingerprint density at radius 1 is 1.38 bits per heavy atom. The number of hydrogen-bond acceptors (Lipinski definition) is 4. The summed E-state index contributed by atoms with van der Waals surface area (Å²) in [7, 11) is 3.38. The van der Waals surface area contributed by atoms with E-state index in [0.717, 1.165) is 37.5 Å². The minimum atomic E-state index is -0.931. The molecule has 0 saturated heterocycles. The summed E-state index contributed by atoms with van der Waals surface area (Å²) < 4.78 is 1.82. The molecule has 0 spiro atoms. The van der Waals surface area contributed by atoms with E-state index in [4.69, 9.17) is 11.6 Å². The molecule has 1 N–H and O–H groups in total. The first-order chi connectivity index (χ1) is 11.4. The van der Waals surface area contributed by atoms with Crippen molar-refractivity contribution >= 4 is 35.0 Å². The van der Waals surface area contributed by atoms with Crippen molar-refractivity contribution in [2.45, 2.75) is 38.1 Å². The SMILES string of the molecule is CN(C)C=O.O=C(O)c1cc2cnc(Cl)nc2n1C1CCCCC1.